The zero-order valence-electron chi connectivity index (χ0n) is 30.2. The van der Waals surface area contributed by atoms with Gasteiger partial charge in [-0.3, -0.25) is 29.7 Å². The first-order valence-electron chi connectivity index (χ1n) is 17.0. The molecule has 258 valence electrons. The van der Waals surface area contributed by atoms with E-state index < -0.39 is 0 Å². The minimum absolute atomic E-state index is 0. The van der Waals surface area contributed by atoms with Crippen LogP contribution in [0.3, 0.4) is 0 Å². The average molecular weight is 855 g/mol. The molecule has 54 heavy (non-hydrogen) atoms. The molecule has 4 heterocycles. The van der Waals surface area contributed by atoms with Crippen molar-refractivity contribution < 1.29 is 61.1 Å². The van der Waals surface area contributed by atoms with E-state index in [1.807, 2.05) is 143 Å². The first kappa shape index (κ1) is 45.3. The molecular formula is C44H40FeN6OZn2+6. The maximum Gasteiger partial charge on any atom is 2.00 e. The number of phenols is 1. The van der Waals surface area contributed by atoms with Gasteiger partial charge in [-0.25, -0.2) is 0 Å². The smallest absolute Gasteiger partial charge is 0.507 e. The summed E-state index contributed by atoms with van der Waals surface area (Å²) in [6, 6.07) is 27.7. The van der Waals surface area contributed by atoms with Crippen molar-refractivity contribution in [2.75, 3.05) is 0 Å². The molecule has 0 aliphatic heterocycles. The fraction of sp³-hybridized carbons (Fsp3) is 0.136. The molecule has 0 spiro atoms. The quantitative estimate of drug-likeness (QED) is 0.106. The van der Waals surface area contributed by atoms with E-state index in [4.69, 9.17) is 0 Å². The molecule has 1 aromatic carbocycles. The van der Waals surface area contributed by atoms with Gasteiger partial charge in [0.1, 0.15) is 5.75 Å². The number of aromatic nitrogens is 4. The van der Waals surface area contributed by atoms with E-state index >= 15 is 0 Å². The van der Waals surface area contributed by atoms with Gasteiger partial charge in [-0.2, -0.15) is 0 Å². The largest absolute Gasteiger partial charge is 2.00 e. The van der Waals surface area contributed by atoms with E-state index in [0.29, 0.717) is 39.3 Å². The Kier molecular flexibility index (Phi) is 21.0. The van der Waals surface area contributed by atoms with Crippen LogP contribution in [0, 0.1) is 75.5 Å². The molecule has 2 fully saturated rings. The zero-order valence-corrected chi connectivity index (χ0v) is 37.3. The molecule has 0 atom stereocenters. The van der Waals surface area contributed by atoms with Crippen LogP contribution in [0.25, 0.3) is 0 Å². The minimum atomic E-state index is 0. The van der Waals surface area contributed by atoms with Crippen molar-refractivity contribution in [2.24, 2.45) is 0 Å². The Bertz CT molecular complexity index is 1620. The number of phenolic OH excluding ortho intramolecular Hbond substituents is 1. The fourth-order valence-electron chi connectivity index (χ4n) is 5.70. The number of pyridine rings is 4. The SMILES string of the molecule is Oc1c(CN(Cc2ccccn2)Cc2ccccn2)cc(C#C[C]2[CH][CH][CH][CH]2)cc1CN(Cc1ccccn1)Cc1ccccn1.[CH]1[CH][CH][CH][CH]1.[Fe+2].[Zn+2].[Zn+2]. The first-order chi connectivity index (χ1) is 25.2. The average Bonchev–Trinajstić information content (AvgIpc) is 3.93. The molecule has 0 amide bonds. The molecule has 0 saturated heterocycles. The molecule has 0 unspecified atom stereocenters. The van der Waals surface area contributed by atoms with E-state index in [1.54, 1.807) is 24.8 Å². The monoisotopic (exact) mass is 852 g/mol. The van der Waals surface area contributed by atoms with Crippen LogP contribution in [0.15, 0.2) is 110 Å². The fourth-order valence-corrected chi connectivity index (χ4v) is 5.70. The number of hydrogen-bond donors (Lipinski definition) is 1. The van der Waals surface area contributed by atoms with E-state index in [2.05, 4.69) is 41.6 Å². The standard InChI is InChI=1S/C39H35N6O.C5H5.Fe.2Zn/c46-39-33(25-44(27-35-13-3-7-19-40-35)28-36-14-4-8-20-41-36)23-32(18-17-31-11-1-2-12-31)24-34(39)26-45(29-37-15-5-9-21-42-37)30-38-16-6-10-22-43-38;1-2-4-5-3-1;;;/h1-16,19-24,46H,25-30H2;1-5H;;;/q;;3*+2. The van der Waals surface area contributed by atoms with Crippen molar-refractivity contribution in [2.45, 2.75) is 39.3 Å². The molecule has 7 rings (SSSR count). The van der Waals surface area contributed by atoms with Gasteiger partial charge in [-0.15, -0.1) is 0 Å². The van der Waals surface area contributed by atoms with E-state index in [1.165, 1.54) is 0 Å². The van der Waals surface area contributed by atoms with E-state index in [-0.39, 0.29) is 61.8 Å². The second kappa shape index (κ2) is 25.1. The summed E-state index contributed by atoms with van der Waals surface area (Å²) in [5.41, 5.74) is 6.22. The minimum Gasteiger partial charge on any atom is -0.507 e. The second-order valence-corrected chi connectivity index (χ2v) is 12.1. The van der Waals surface area contributed by atoms with Crippen LogP contribution in [-0.4, -0.2) is 34.8 Å². The van der Waals surface area contributed by atoms with Crippen molar-refractivity contribution in [1.29, 1.82) is 0 Å². The molecule has 2 aliphatic rings. The normalized spacial score (nSPS) is 13.4. The maximum absolute atomic E-state index is 11.9. The van der Waals surface area contributed by atoms with Gasteiger partial charge < -0.3 is 5.11 Å². The summed E-state index contributed by atoms with van der Waals surface area (Å²) in [4.78, 5) is 22.8. The molecule has 7 nitrogen and oxygen atoms in total. The number of aromatic hydroxyl groups is 1. The summed E-state index contributed by atoms with van der Waals surface area (Å²) < 4.78 is 0. The van der Waals surface area contributed by atoms with E-state index in [0.717, 1.165) is 45.4 Å². The summed E-state index contributed by atoms with van der Waals surface area (Å²) in [7, 11) is 0. The second-order valence-electron chi connectivity index (χ2n) is 12.1. The number of rotatable bonds is 12. The Morgan fingerprint density at radius 3 is 1.13 bits per heavy atom. The molecule has 0 bridgehead atoms. The number of hydrogen-bond acceptors (Lipinski definition) is 7. The van der Waals surface area contributed by atoms with Crippen LogP contribution < -0.4 is 0 Å². The third-order valence-corrected chi connectivity index (χ3v) is 8.07. The maximum atomic E-state index is 11.9. The molecule has 2 aliphatic carbocycles. The van der Waals surface area contributed by atoms with Gasteiger partial charge in [-0.1, -0.05) is 36.1 Å². The van der Waals surface area contributed by atoms with Crippen molar-refractivity contribution in [1.82, 2.24) is 29.7 Å². The third-order valence-electron chi connectivity index (χ3n) is 8.07. The molecular weight excluding hydrogens is 815 g/mol. The Morgan fingerprint density at radius 1 is 0.463 bits per heavy atom. The Morgan fingerprint density at radius 2 is 0.815 bits per heavy atom. The van der Waals surface area contributed by atoms with Gasteiger partial charge >= 0.3 is 56.0 Å². The van der Waals surface area contributed by atoms with Gasteiger partial charge in [-0.05, 0) is 118 Å². The first-order valence-corrected chi connectivity index (χ1v) is 17.0. The van der Waals surface area contributed by atoms with Gasteiger partial charge in [0.05, 0.1) is 28.7 Å². The Hall–Kier alpha value is -3.13. The summed E-state index contributed by atoms with van der Waals surface area (Å²) in [5.74, 6) is 7.85. The van der Waals surface area contributed by atoms with Crippen LogP contribution in [0.5, 0.6) is 5.75 Å². The molecule has 10 heteroatoms. The summed E-state index contributed by atoms with van der Waals surface area (Å²) in [6.45, 7) is 3.36. The predicted octanol–water partition coefficient (Wildman–Crippen LogP) is 7.15. The van der Waals surface area contributed by atoms with Crippen LogP contribution in [0.4, 0.5) is 0 Å². The Labute approximate surface area is 358 Å². The summed E-state index contributed by atoms with van der Waals surface area (Å²) >= 11 is 0. The third kappa shape index (κ3) is 15.2. The van der Waals surface area contributed by atoms with Crippen molar-refractivity contribution in [3.8, 4) is 17.6 Å². The van der Waals surface area contributed by atoms with Crippen LogP contribution in [0.1, 0.15) is 39.5 Å². The topological polar surface area (TPSA) is 78.3 Å². The van der Waals surface area contributed by atoms with Gasteiger partial charge in [0, 0.05) is 80.7 Å². The molecule has 4 aromatic heterocycles. The van der Waals surface area contributed by atoms with Gasteiger partial charge in [0.25, 0.3) is 0 Å². The van der Waals surface area contributed by atoms with Crippen LogP contribution >= 0.6 is 0 Å². The van der Waals surface area contributed by atoms with Crippen LogP contribution in [0.2, 0.25) is 0 Å². The van der Waals surface area contributed by atoms with Gasteiger partial charge in [0.2, 0.25) is 0 Å². The molecule has 2 saturated carbocycles. The number of nitrogens with zero attached hydrogens (tertiary/aromatic N) is 6. The predicted molar refractivity (Wildman–Crippen MR) is 200 cm³/mol. The van der Waals surface area contributed by atoms with Crippen molar-refractivity contribution >= 4 is 0 Å². The van der Waals surface area contributed by atoms with Gasteiger partial charge in [0.15, 0.2) is 0 Å². The Balaban J connectivity index is 0.000000907. The molecule has 10 radical (unpaired) electrons. The summed E-state index contributed by atoms with van der Waals surface area (Å²) in [6.07, 6.45) is 25.2. The summed E-state index contributed by atoms with van der Waals surface area (Å²) in [5, 5.41) is 11.9. The zero-order chi connectivity index (χ0) is 34.9. The van der Waals surface area contributed by atoms with Crippen molar-refractivity contribution in [3.05, 3.63) is 213 Å². The van der Waals surface area contributed by atoms with Crippen LogP contribution in [-0.2, 0) is 95.3 Å². The number of benzene rings is 1. The molecule has 1 N–H and O–H groups in total. The van der Waals surface area contributed by atoms with Crippen molar-refractivity contribution in [3.63, 3.8) is 0 Å². The van der Waals surface area contributed by atoms with E-state index in [9.17, 15) is 5.11 Å². The molecule has 5 aromatic rings.